The van der Waals surface area contributed by atoms with Gasteiger partial charge in [0.15, 0.2) is 0 Å². The van der Waals surface area contributed by atoms with Gasteiger partial charge in [0.1, 0.15) is 22.5 Å². The number of hydrogen-bond acceptors (Lipinski definition) is 4. The van der Waals surface area contributed by atoms with Crippen molar-refractivity contribution in [1.29, 1.82) is 0 Å². The third-order valence-electron chi connectivity index (χ3n) is 3.36. The zero-order valence-electron chi connectivity index (χ0n) is 11.9. The van der Waals surface area contributed by atoms with Crippen molar-refractivity contribution in [2.45, 2.75) is 6.92 Å². The molecule has 0 aliphatic heterocycles. The second-order valence-corrected chi connectivity index (χ2v) is 4.78. The largest absolute Gasteiger partial charge is 0.505 e. The van der Waals surface area contributed by atoms with Crippen LogP contribution in [0.2, 0.25) is 0 Å². The van der Waals surface area contributed by atoms with Crippen molar-refractivity contribution in [2.75, 3.05) is 5.32 Å². The van der Waals surface area contributed by atoms with Crippen LogP contribution in [-0.2, 0) is 4.79 Å². The lowest BCUT2D eigenvalue weighted by atomic mass is 10.1. The highest BCUT2D eigenvalue weighted by Gasteiger charge is 2.14. The Morgan fingerprint density at radius 3 is 2.45 bits per heavy atom. The fourth-order valence-corrected chi connectivity index (χ4v) is 2.13. The van der Waals surface area contributed by atoms with Crippen molar-refractivity contribution in [3.05, 3.63) is 54.6 Å². The van der Waals surface area contributed by atoms with Gasteiger partial charge in [-0.2, -0.15) is 0 Å². The van der Waals surface area contributed by atoms with Crippen molar-refractivity contribution in [2.24, 2.45) is 0 Å². The van der Waals surface area contributed by atoms with Crippen molar-refractivity contribution < 1.29 is 9.90 Å². The van der Waals surface area contributed by atoms with Crippen LogP contribution in [-0.4, -0.2) is 26.0 Å². The van der Waals surface area contributed by atoms with E-state index in [0.717, 1.165) is 11.0 Å². The number of aromatic nitrogens is 3. The number of phenols is 1. The number of phenolic OH excluding ortho intramolecular Hbond substituents is 1. The summed E-state index contributed by atoms with van der Waals surface area (Å²) in [7, 11) is 0. The van der Waals surface area contributed by atoms with Gasteiger partial charge in [0, 0.05) is 11.3 Å². The Labute approximate surface area is 126 Å². The van der Waals surface area contributed by atoms with Gasteiger partial charge in [-0.1, -0.05) is 18.7 Å². The normalized spacial score (nSPS) is 10.6. The number of carbonyl (C=O) groups excluding carboxylic acids is 1. The van der Waals surface area contributed by atoms with Gasteiger partial charge in [-0.25, -0.2) is 0 Å². The van der Waals surface area contributed by atoms with E-state index in [0.29, 0.717) is 16.9 Å². The van der Waals surface area contributed by atoms with Gasteiger partial charge in [-0.05, 0) is 37.3 Å². The third-order valence-corrected chi connectivity index (χ3v) is 3.36. The molecule has 3 aromatic rings. The van der Waals surface area contributed by atoms with E-state index in [1.807, 2.05) is 24.3 Å². The second-order valence-electron chi connectivity index (χ2n) is 4.78. The lowest BCUT2D eigenvalue weighted by Crippen LogP contribution is -2.09. The lowest BCUT2D eigenvalue weighted by Gasteiger charge is -2.11. The quantitative estimate of drug-likeness (QED) is 0.727. The van der Waals surface area contributed by atoms with Gasteiger partial charge in [0.2, 0.25) is 5.91 Å². The number of amides is 1. The highest BCUT2D eigenvalue weighted by molar-refractivity contribution is 5.99. The highest BCUT2D eigenvalue weighted by Crippen LogP contribution is 2.31. The van der Waals surface area contributed by atoms with Gasteiger partial charge >= 0.3 is 0 Å². The Balaban J connectivity index is 2.06. The summed E-state index contributed by atoms with van der Waals surface area (Å²) in [6, 6.07) is 10.8. The molecule has 0 saturated heterocycles. The monoisotopic (exact) mass is 294 g/mol. The fraction of sp³-hybridized carbons (Fsp3) is 0.0625. The molecule has 1 heterocycles. The number of benzene rings is 2. The summed E-state index contributed by atoms with van der Waals surface area (Å²) in [5.41, 5.74) is 2.98. The highest BCUT2D eigenvalue weighted by atomic mass is 16.3. The standard InChI is InChI=1S/C16H14N4O2/c1-3-15(21)17-11-8-9-14(16(22)10(11)2)20-18-12-6-4-5-7-13(12)19-20/h3-9,22H,1H2,2H3,(H,17,21). The van der Waals surface area contributed by atoms with Crippen molar-refractivity contribution >= 4 is 22.6 Å². The molecule has 0 radical (unpaired) electrons. The van der Waals surface area contributed by atoms with E-state index in [9.17, 15) is 9.90 Å². The first kappa shape index (κ1) is 13.8. The summed E-state index contributed by atoms with van der Waals surface area (Å²) in [5, 5.41) is 21.7. The van der Waals surface area contributed by atoms with E-state index in [4.69, 9.17) is 0 Å². The molecule has 0 bridgehead atoms. The van der Waals surface area contributed by atoms with Crippen molar-refractivity contribution in [1.82, 2.24) is 15.0 Å². The summed E-state index contributed by atoms with van der Waals surface area (Å²) in [5.74, 6) is -0.319. The molecule has 0 fully saturated rings. The molecule has 6 nitrogen and oxygen atoms in total. The van der Waals surface area contributed by atoms with Gasteiger partial charge in [0.05, 0.1) is 0 Å². The maximum atomic E-state index is 11.4. The van der Waals surface area contributed by atoms with E-state index < -0.39 is 0 Å². The number of hydrogen-bond donors (Lipinski definition) is 2. The first-order chi connectivity index (χ1) is 10.6. The Hall–Kier alpha value is -3.15. The molecule has 6 heteroatoms. The summed E-state index contributed by atoms with van der Waals surface area (Å²) in [6.07, 6.45) is 1.17. The first-order valence-electron chi connectivity index (χ1n) is 6.68. The Morgan fingerprint density at radius 2 is 1.86 bits per heavy atom. The van der Waals surface area contributed by atoms with E-state index in [1.54, 1.807) is 19.1 Å². The van der Waals surface area contributed by atoms with Crippen LogP contribution in [0.15, 0.2) is 49.1 Å². The van der Waals surface area contributed by atoms with E-state index >= 15 is 0 Å². The molecule has 2 N–H and O–H groups in total. The molecule has 0 spiro atoms. The molecule has 2 aromatic carbocycles. The molecule has 22 heavy (non-hydrogen) atoms. The minimum atomic E-state index is -0.335. The van der Waals surface area contributed by atoms with E-state index in [1.165, 1.54) is 10.9 Å². The van der Waals surface area contributed by atoms with E-state index in [2.05, 4.69) is 22.1 Å². The summed E-state index contributed by atoms with van der Waals surface area (Å²) >= 11 is 0. The summed E-state index contributed by atoms with van der Waals surface area (Å²) < 4.78 is 0. The maximum absolute atomic E-state index is 11.4. The summed E-state index contributed by atoms with van der Waals surface area (Å²) in [6.45, 7) is 5.11. The number of nitrogens with one attached hydrogen (secondary N) is 1. The van der Waals surface area contributed by atoms with Crippen LogP contribution < -0.4 is 5.32 Å². The van der Waals surface area contributed by atoms with Gasteiger partial charge < -0.3 is 10.4 Å². The smallest absolute Gasteiger partial charge is 0.247 e. The van der Waals surface area contributed by atoms with Gasteiger partial charge in [0.25, 0.3) is 0 Å². The molecule has 0 aliphatic carbocycles. The lowest BCUT2D eigenvalue weighted by molar-refractivity contribution is -0.111. The second kappa shape index (κ2) is 5.33. The maximum Gasteiger partial charge on any atom is 0.247 e. The van der Waals surface area contributed by atoms with Crippen LogP contribution in [0.25, 0.3) is 16.7 Å². The van der Waals surface area contributed by atoms with Crippen LogP contribution in [0.4, 0.5) is 5.69 Å². The van der Waals surface area contributed by atoms with Crippen LogP contribution in [0.1, 0.15) is 5.56 Å². The Kier molecular flexibility index (Phi) is 3.34. The molecule has 1 aromatic heterocycles. The van der Waals surface area contributed by atoms with E-state index in [-0.39, 0.29) is 11.7 Å². The molecular weight excluding hydrogens is 280 g/mol. The number of carbonyl (C=O) groups is 1. The minimum absolute atomic E-state index is 0.0159. The number of rotatable bonds is 3. The Bertz CT molecular complexity index is 850. The average Bonchev–Trinajstić information content (AvgIpc) is 2.95. The number of anilines is 1. The predicted molar refractivity (Wildman–Crippen MR) is 84.1 cm³/mol. The van der Waals surface area contributed by atoms with Crippen LogP contribution >= 0.6 is 0 Å². The van der Waals surface area contributed by atoms with Gasteiger partial charge in [-0.3, -0.25) is 4.79 Å². The van der Waals surface area contributed by atoms with Gasteiger partial charge in [-0.15, -0.1) is 15.0 Å². The SMILES string of the molecule is C=CC(=O)Nc1ccc(-n2nc3ccccc3n2)c(O)c1C. The third kappa shape index (κ3) is 2.31. The number of fused-ring (bicyclic) bond motifs is 1. The van der Waals surface area contributed by atoms with Crippen molar-refractivity contribution in [3.8, 4) is 11.4 Å². The zero-order chi connectivity index (χ0) is 15.7. The van der Waals surface area contributed by atoms with Crippen LogP contribution in [0.5, 0.6) is 5.75 Å². The minimum Gasteiger partial charge on any atom is -0.505 e. The Morgan fingerprint density at radius 1 is 1.23 bits per heavy atom. The molecule has 110 valence electrons. The fourth-order valence-electron chi connectivity index (χ4n) is 2.13. The first-order valence-corrected chi connectivity index (χ1v) is 6.68. The molecule has 0 unspecified atom stereocenters. The summed E-state index contributed by atoms with van der Waals surface area (Å²) in [4.78, 5) is 12.8. The predicted octanol–water partition coefficient (Wildman–Crippen LogP) is 2.56. The van der Waals surface area contributed by atoms with Crippen molar-refractivity contribution in [3.63, 3.8) is 0 Å². The molecule has 1 amide bonds. The van der Waals surface area contributed by atoms with Crippen LogP contribution in [0.3, 0.4) is 0 Å². The van der Waals surface area contributed by atoms with Crippen LogP contribution in [0, 0.1) is 6.92 Å². The topological polar surface area (TPSA) is 80.0 Å². The molecule has 0 aliphatic rings. The zero-order valence-corrected chi connectivity index (χ0v) is 11.9. The molecule has 3 rings (SSSR count). The number of aromatic hydroxyl groups is 1. The molecular formula is C16H14N4O2. The molecule has 0 atom stereocenters. The molecule has 0 saturated carbocycles. The number of nitrogens with zero attached hydrogens (tertiary/aromatic N) is 3. The average molecular weight is 294 g/mol.